The van der Waals surface area contributed by atoms with Gasteiger partial charge in [-0.15, -0.1) is 0 Å². The van der Waals surface area contributed by atoms with Crippen LogP contribution in [-0.4, -0.2) is 0 Å². The molecular formula is C17H18FN. The van der Waals surface area contributed by atoms with Crippen molar-refractivity contribution in [2.75, 3.05) is 0 Å². The van der Waals surface area contributed by atoms with E-state index in [-0.39, 0.29) is 17.8 Å². The third kappa shape index (κ3) is 1.96. The van der Waals surface area contributed by atoms with Crippen molar-refractivity contribution in [3.63, 3.8) is 0 Å². The summed E-state index contributed by atoms with van der Waals surface area (Å²) in [5.74, 6) is 0.0708. The normalized spacial score (nSPS) is 18.6. The maximum Gasteiger partial charge on any atom is 0.128 e. The fraction of sp³-hybridized carbons (Fsp3) is 0.294. The number of aryl methyl sites for hydroxylation is 2. The summed E-state index contributed by atoms with van der Waals surface area (Å²) in [6.45, 7) is 3.85. The first-order valence-electron chi connectivity index (χ1n) is 6.68. The Balaban J connectivity index is 1.97. The first kappa shape index (κ1) is 12.4. The largest absolute Gasteiger partial charge is 0.323 e. The van der Waals surface area contributed by atoms with Gasteiger partial charge in [-0.3, -0.25) is 0 Å². The molecule has 0 radical (unpaired) electrons. The van der Waals surface area contributed by atoms with E-state index in [2.05, 4.69) is 12.1 Å². The summed E-state index contributed by atoms with van der Waals surface area (Å²) in [7, 11) is 0. The minimum atomic E-state index is -0.254. The van der Waals surface area contributed by atoms with E-state index >= 15 is 0 Å². The Morgan fingerprint density at radius 3 is 2.63 bits per heavy atom. The van der Waals surface area contributed by atoms with Crippen LogP contribution >= 0.6 is 0 Å². The third-order valence-electron chi connectivity index (χ3n) is 4.14. The summed E-state index contributed by atoms with van der Waals surface area (Å²) in [4.78, 5) is 0. The van der Waals surface area contributed by atoms with E-state index in [1.807, 2.05) is 32.0 Å². The highest BCUT2D eigenvalue weighted by molar-refractivity contribution is 5.45. The van der Waals surface area contributed by atoms with Crippen molar-refractivity contribution in [1.82, 2.24) is 0 Å². The molecule has 1 aliphatic carbocycles. The molecule has 2 N–H and O–H groups in total. The summed E-state index contributed by atoms with van der Waals surface area (Å²) in [5.41, 5.74) is 11.5. The van der Waals surface area contributed by atoms with Gasteiger partial charge in [-0.05, 0) is 48.6 Å². The van der Waals surface area contributed by atoms with Gasteiger partial charge in [-0.2, -0.15) is 0 Å². The standard InChI is InChI=1S/C17H18FN/c1-10-7-11(2)16(15(18)8-10)17(19)14-9-12-5-3-4-6-13(12)14/h3-8,14,17H,9,19H2,1-2H3. The van der Waals surface area contributed by atoms with Gasteiger partial charge in [0.05, 0.1) is 0 Å². The molecular weight excluding hydrogens is 237 g/mol. The van der Waals surface area contributed by atoms with Crippen LogP contribution in [0.1, 0.15) is 39.8 Å². The van der Waals surface area contributed by atoms with E-state index in [0.29, 0.717) is 5.56 Å². The number of rotatable bonds is 2. The number of nitrogens with two attached hydrogens (primary N) is 1. The first-order valence-corrected chi connectivity index (χ1v) is 6.68. The van der Waals surface area contributed by atoms with Crippen LogP contribution < -0.4 is 5.73 Å². The Labute approximate surface area is 113 Å². The molecule has 0 saturated heterocycles. The smallest absolute Gasteiger partial charge is 0.128 e. The van der Waals surface area contributed by atoms with Crippen molar-refractivity contribution in [2.24, 2.45) is 5.73 Å². The highest BCUT2D eigenvalue weighted by Crippen LogP contribution is 2.43. The summed E-state index contributed by atoms with van der Waals surface area (Å²) >= 11 is 0. The SMILES string of the molecule is Cc1cc(C)c(C(N)C2Cc3ccccc32)c(F)c1. The van der Waals surface area contributed by atoms with Crippen LogP contribution in [0.2, 0.25) is 0 Å². The number of hydrogen-bond acceptors (Lipinski definition) is 1. The zero-order valence-electron chi connectivity index (χ0n) is 11.3. The Morgan fingerprint density at radius 2 is 1.95 bits per heavy atom. The lowest BCUT2D eigenvalue weighted by atomic mass is 9.71. The molecule has 3 rings (SSSR count). The Morgan fingerprint density at radius 1 is 1.21 bits per heavy atom. The molecule has 1 nitrogen and oxygen atoms in total. The van der Waals surface area contributed by atoms with Crippen LogP contribution in [0.3, 0.4) is 0 Å². The van der Waals surface area contributed by atoms with Gasteiger partial charge in [0.2, 0.25) is 0 Å². The topological polar surface area (TPSA) is 26.0 Å². The van der Waals surface area contributed by atoms with E-state index in [4.69, 9.17) is 5.73 Å². The van der Waals surface area contributed by atoms with Gasteiger partial charge < -0.3 is 5.73 Å². The molecule has 98 valence electrons. The van der Waals surface area contributed by atoms with Gasteiger partial charge in [-0.25, -0.2) is 4.39 Å². The fourth-order valence-electron chi connectivity index (χ4n) is 3.17. The van der Waals surface area contributed by atoms with Gasteiger partial charge >= 0.3 is 0 Å². The maximum atomic E-state index is 14.2. The molecule has 0 fully saturated rings. The van der Waals surface area contributed by atoms with E-state index in [1.54, 1.807) is 6.07 Å². The molecule has 0 amide bonds. The lowest BCUT2D eigenvalue weighted by Gasteiger charge is -2.35. The number of hydrogen-bond donors (Lipinski definition) is 1. The second-order valence-corrected chi connectivity index (χ2v) is 5.51. The predicted molar refractivity (Wildman–Crippen MR) is 75.7 cm³/mol. The number of benzene rings is 2. The first-order chi connectivity index (χ1) is 9.08. The lowest BCUT2D eigenvalue weighted by Crippen LogP contribution is -2.30. The fourth-order valence-corrected chi connectivity index (χ4v) is 3.17. The van der Waals surface area contributed by atoms with Crippen molar-refractivity contribution in [3.05, 3.63) is 70.0 Å². The third-order valence-corrected chi connectivity index (χ3v) is 4.14. The second-order valence-electron chi connectivity index (χ2n) is 5.51. The van der Waals surface area contributed by atoms with Crippen LogP contribution in [0.4, 0.5) is 4.39 Å². The van der Waals surface area contributed by atoms with E-state index < -0.39 is 0 Å². The lowest BCUT2D eigenvalue weighted by molar-refractivity contribution is 0.474. The molecule has 2 unspecified atom stereocenters. The number of fused-ring (bicyclic) bond motifs is 1. The molecule has 0 spiro atoms. The predicted octanol–water partition coefficient (Wildman–Crippen LogP) is 3.78. The molecule has 2 aromatic carbocycles. The average molecular weight is 255 g/mol. The average Bonchev–Trinajstić information content (AvgIpc) is 2.29. The molecule has 0 saturated carbocycles. The quantitative estimate of drug-likeness (QED) is 0.868. The van der Waals surface area contributed by atoms with Gasteiger partial charge in [-0.1, -0.05) is 30.3 Å². The van der Waals surface area contributed by atoms with Gasteiger partial charge in [0.15, 0.2) is 0 Å². The summed E-state index contributed by atoms with van der Waals surface area (Å²) < 4.78 is 14.2. The van der Waals surface area contributed by atoms with E-state index in [1.165, 1.54) is 11.1 Å². The van der Waals surface area contributed by atoms with Crippen LogP contribution in [0, 0.1) is 19.7 Å². The highest BCUT2D eigenvalue weighted by Gasteiger charge is 2.33. The molecule has 1 aliphatic rings. The van der Waals surface area contributed by atoms with Gasteiger partial charge in [0, 0.05) is 17.5 Å². The van der Waals surface area contributed by atoms with Crippen LogP contribution in [0.15, 0.2) is 36.4 Å². The molecule has 2 aromatic rings. The molecule has 0 aliphatic heterocycles. The molecule has 0 aromatic heterocycles. The van der Waals surface area contributed by atoms with Gasteiger partial charge in [0.25, 0.3) is 0 Å². The van der Waals surface area contributed by atoms with Crippen molar-refractivity contribution in [3.8, 4) is 0 Å². The Kier molecular flexibility index (Phi) is 2.90. The Bertz CT molecular complexity index is 610. The van der Waals surface area contributed by atoms with Crippen molar-refractivity contribution < 1.29 is 4.39 Å². The molecule has 2 atom stereocenters. The minimum absolute atomic E-state index is 0.172. The van der Waals surface area contributed by atoms with Crippen LogP contribution in [0.25, 0.3) is 0 Å². The minimum Gasteiger partial charge on any atom is -0.323 e. The molecule has 2 heteroatoms. The molecule has 0 bridgehead atoms. The number of halogens is 1. The van der Waals surface area contributed by atoms with Crippen molar-refractivity contribution >= 4 is 0 Å². The summed E-state index contributed by atoms with van der Waals surface area (Å²) in [6.07, 6.45) is 0.949. The van der Waals surface area contributed by atoms with Crippen molar-refractivity contribution in [1.29, 1.82) is 0 Å². The highest BCUT2D eigenvalue weighted by atomic mass is 19.1. The Hall–Kier alpha value is -1.67. The monoisotopic (exact) mass is 255 g/mol. The second kappa shape index (κ2) is 4.46. The summed E-state index contributed by atoms with van der Waals surface area (Å²) in [5, 5.41) is 0. The van der Waals surface area contributed by atoms with Gasteiger partial charge in [0.1, 0.15) is 5.82 Å². The maximum absolute atomic E-state index is 14.2. The van der Waals surface area contributed by atoms with Crippen LogP contribution in [-0.2, 0) is 6.42 Å². The van der Waals surface area contributed by atoms with E-state index in [0.717, 1.165) is 17.5 Å². The van der Waals surface area contributed by atoms with Crippen molar-refractivity contribution in [2.45, 2.75) is 32.2 Å². The molecule has 19 heavy (non-hydrogen) atoms. The van der Waals surface area contributed by atoms with Crippen LogP contribution in [0.5, 0.6) is 0 Å². The molecule has 0 heterocycles. The van der Waals surface area contributed by atoms with E-state index in [9.17, 15) is 4.39 Å². The zero-order chi connectivity index (χ0) is 13.6. The summed E-state index contributed by atoms with van der Waals surface area (Å²) in [6, 6.07) is 11.6. The zero-order valence-corrected chi connectivity index (χ0v) is 11.3.